The van der Waals surface area contributed by atoms with Crippen molar-refractivity contribution in [3.05, 3.63) is 46.0 Å². The number of allylic oxidation sites excluding steroid dienone is 2. The van der Waals surface area contributed by atoms with E-state index in [1.165, 1.54) is 0 Å². The molecule has 1 aromatic carbocycles. The lowest BCUT2D eigenvalue weighted by atomic mass is 9.53. The molecule has 0 unspecified atom stereocenters. The lowest BCUT2D eigenvalue weighted by Crippen LogP contribution is -2.48. The second kappa shape index (κ2) is 6.23. The van der Waals surface area contributed by atoms with Gasteiger partial charge in [0.15, 0.2) is 5.41 Å². The molecule has 3 atom stereocenters. The van der Waals surface area contributed by atoms with Crippen LogP contribution in [0.2, 0.25) is 0 Å². The molecule has 0 aromatic heterocycles. The summed E-state index contributed by atoms with van der Waals surface area (Å²) in [6.07, 6.45) is 4.74. The van der Waals surface area contributed by atoms with Crippen molar-refractivity contribution in [3.8, 4) is 18.2 Å². The van der Waals surface area contributed by atoms with E-state index in [1.54, 1.807) is 0 Å². The summed E-state index contributed by atoms with van der Waals surface area (Å²) in [4.78, 5) is 0. The first-order valence-electron chi connectivity index (χ1n) is 7.85. The quantitative estimate of drug-likeness (QED) is 0.730. The highest BCUT2D eigenvalue weighted by atomic mass is 79.9. The van der Waals surface area contributed by atoms with Crippen molar-refractivity contribution in [2.45, 2.75) is 25.2 Å². The standard InChI is InChI=1S/C19H15BrN4/c20-13-7-5-12(6-8-13)17-15-4-2-1-3-14(15)16(9-21)18(24)19(17,10-22)11-23/h3,5-8,15-17,24H,1-2,4H2/t15-,16+,17-/m1/s1. The lowest BCUT2D eigenvalue weighted by Gasteiger charge is -2.45. The van der Waals surface area contributed by atoms with Gasteiger partial charge in [-0.1, -0.05) is 34.1 Å². The first-order chi connectivity index (χ1) is 11.6. The van der Waals surface area contributed by atoms with E-state index in [9.17, 15) is 15.8 Å². The van der Waals surface area contributed by atoms with E-state index >= 15 is 0 Å². The van der Waals surface area contributed by atoms with Gasteiger partial charge in [0.2, 0.25) is 0 Å². The molecule has 1 aromatic rings. The van der Waals surface area contributed by atoms with E-state index in [2.05, 4.69) is 34.1 Å². The van der Waals surface area contributed by atoms with Gasteiger partial charge in [0.1, 0.15) is 5.92 Å². The van der Waals surface area contributed by atoms with Crippen LogP contribution < -0.4 is 0 Å². The molecule has 118 valence electrons. The van der Waals surface area contributed by atoms with Gasteiger partial charge in [-0.15, -0.1) is 0 Å². The predicted octanol–water partition coefficient (Wildman–Crippen LogP) is 4.47. The minimum atomic E-state index is -1.59. The zero-order chi connectivity index (χ0) is 17.3. The number of rotatable bonds is 1. The van der Waals surface area contributed by atoms with Crippen LogP contribution in [0.5, 0.6) is 0 Å². The molecule has 0 saturated heterocycles. The van der Waals surface area contributed by atoms with Crippen molar-refractivity contribution in [2.75, 3.05) is 0 Å². The first kappa shape index (κ1) is 16.4. The Morgan fingerprint density at radius 3 is 2.38 bits per heavy atom. The van der Waals surface area contributed by atoms with Crippen molar-refractivity contribution in [3.63, 3.8) is 0 Å². The molecule has 3 rings (SSSR count). The van der Waals surface area contributed by atoms with Gasteiger partial charge in [-0.2, -0.15) is 15.8 Å². The summed E-state index contributed by atoms with van der Waals surface area (Å²) in [6.45, 7) is 0. The van der Waals surface area contributed by atoms with Crippen molar-refractivity contribution in [1.29, 1.82) is 21.2 Å². The molecule has 0 amide bonds. The Balaban J connectivity index is 2.24. The number of benzene rings is 1. The van der Waals surface area contributed by atoms with Gasteiger partial charge in [-0.25, -0.2) is 0 Å². The van der Waals surface area contributed by atoms with Crippen molar-refractivity contribution < 1.29 is 0 Å². The molecule has 4 nitrogen and oxygen atoms in total. The Morgan fingerprint density at radius 1 is 1.12 bits per heavy atom. The number of nitrogens with zero attached hydrogens (tertiary/aromatic N) is 3. The molecule has 2 aliphatic rings. The predicted molar refractivity (Wildman–Crippen MR) is 92.8 cm³/mol. The van der Waals surface area contributed by atoms with E-state index < -0.39 is 17.3 Å². The van der Waals surface area contributed by atoms with E-state index in [0.29, 0.717) is 0 Å². The summed E-state index contributed by atoms with van der Waals surface area (Å²) in [5.74, 6) is -1.22. The van der Waals surface area contributed by atoms with Crippen molar-refractivity contribution in [2.24, 2.45) is 17.3 Å². The number of hydrogen-bond donors (Lipinski definition) is 1. The van der Waals surface area contributed by atoms with Gasteiger partial charge in [-0.3, -0.25) is 0 Å². The maximum Gasteiger partial charge on any atom is 0.189 e. The second-order valence-electron chi connectivity index (χ2n) is 6.28. The molecule has 0 aliphatic heterocycles. The van der Waals surface area contributed by atoms with E-state index in [0.717, 1.165) is 34.9 Å². The fraction of sp³-hybridized carbons (Fsp3) is 0.368. The zero-order valence-electron chi connectivity index (χ0n) is 13.0. The highest BCUT2D eigenvalue weighted by Gasteiger charge is 2.57. The van der Waals surface area contributed by atoms with Crippen LogP contribution >= 0.6 is 15.9 Å². The molecule has 2 aliphatic carbocycles. The largest absolute Gasteiger partial charge is 0.305 e. The average Bonchev–Trinajstić information content (AvgIpc) is 2.62. The molecule has 5 heteroatoms. The number of nitrogens with one attached hydrogen (secondary N) is 1. The van der Waals surface area contributed by atoms with Gasteiger partial charge in [0, 0.05) is 10.4 Å². The summed E-state index contributed by atoms with van der Waals surface area (Å²) in [7, 11) is 0. The Morgan fingerprint density at radius 2 is 1.79 bits per heavy atom. The zero-order valence-corrected chi connectivity index (χ0v) is 14.5. The van der Waals surface area contributed by atoms with E-state index in [1.807, 2.05) is 30.3 Å². The maximum atomic E-state index is 9.85. The number of halogens is 1. The first-order valence-corrected chi connectivity index (χ1v) is 8.64. The third kappa shape index (κ3) is 2.27. The highest BCUT2D eigenvalue weighted by molar-refractivity contribution is 9.10. The number of nitriles is 3. The third-order valence-electron chi connectivity index (χ3n) is 5.15. The smallest absolute Gasteiger partial charge is 0.189 e. The molecule has 0 heterocycles. The Kier molecular flexibility index (Phi) is 4.27. The van der Waals surface area contributed by atoms with Gasteiger partial charge in [0.25, 0.3) is 0 Å². The summed E-state index contributed by atoms with van der Waals surface area (Å²) in [5.41, 5.74) is 0.128. The van der Waals surface area contributed by atoms with E-state index in [4.69, 9.17) is 5.41 Å². The highest BCUT2D eigenvalue weighted by Crippen LogP contribution is 2.55. The van der Waals surface area contributed by atoms with Gasteiger partial charge in [-0.05, 0) is 48.4 Å². The molecule has 0 bridgehead atoms. The van der Waals surface area contributed by atoms with Gasteiger partial charge in [0.05, 0.1) is 23.9 Å². The Labute approximate surface area is 149 Å². The molecule has 24 heavy (non-hydrogen) atoms. The van der Waals surface area contributed by atoms with E-state index in [-0.39, 0.29) is 11.6 Å². The lowest BCUT2D eigenvalue weighted by molar-refractivity contribution is 0.320. The normalized spacial score (nSPS) is 27.8. The maximum absolute atomic E-state index is 9.85. The van der Waals surface area contributed by atoms with Crippen LogP contribution in [0, 0.1) is 56.7 Å². The molecular formula is C19H15BrN4. The fourth-order valence-electron chi connectivity index (χ4n) is 4.06. The molecule has 1 fully saturated rings. The van der Waals surface area contributed by atoms with Gasteiger partial charge >= 0.3 is 0 Å². The van der Waals surface area contributed by atoms with Gasteiger partial charge < -0.3 is 5.41 Å². The van der Waals surface area contributed by atoms with Crippen molar-refractivity contribution in [1.82, 2.24) is 0 Å². The summed E-state index contributed by atoms with van der Waals surface area (Å²) in [6, 6.07) is 14.0. The average molecular weight is 379 g/mol. The summed E-state index contributed by atoms with van der Waals surface area (Å²) < 4.78 is 0.922. The second-order valence-corrected chi connectivity index (χ2v) is 7.19. The van der Waals surface area contributed by atoms with Crippen LogP contribution in [0.15, 0.2) is 40.4 Å². The summed E-state index contributed by atoms with van der Waals surface area (Å²) in [5, 5.41) is 37.7. The van der Waals surface area contributed by atoms with Crippen LogP contribution in [0.4, 0.5) is 0 Å². The monoisotopic (exact) mass is 378 g/mol. The SMILES string of the molecule is N#C[C@@H]1C(=N)C(C#N)(C#N)[C@H](c2ccc(Br)cc2)[C@@H]2CCCC=C12. The number of hydrogen-bond acceptors (Lipinski definition) is 4. The fourth-order valence-corrected chi connectivity index (χ4v) is 4.32. The Bertz CT molecular complexity index is 818. The molecule has 1 N–H and O–H groups in total. The minimum absolute atomic E-state index is 0.0435. The minimum Gasteiger partial charge on any atom is -0.305 e. The molecule has 0 radical (unpaired) electrons. The number of fused-ring (bicyclic) bond motifs is 1. The molecular weight excluding hydrogens is 364 g/mol. The van der Waals surface area contributed by atoms with Crippen LogP contribution in [0.1, 0.15) is 30.7 Å². The third-order valence-corrected chi connectivity index (χ3v) is 5.68. The van der Waals surface area contributed by atoms with Crippen LogP contribution in [0.3, 0.4) is 0 Å². The molecule has 0 spiro atoms. The van der Waals surface area contributed by atoms with Crippen LogP contribution in [-0.4, -0.2) is 5.71 Å². The Hall–Kier alpha value is -2.42. The van der Waals surface area contributed by atoms with Crippen LogP contribution in [0.25, 0.3) is 0 Å². The summed E-state index contributed by atoms with van der Waals surface area (Å²) >= 11 is 3.41. The van der Waals surface area contributed by atoms with Crippen molar-refractivity contribution >= 4 is 21.6 Å². The topological polar surface area (TPSA) is 95.2 Å². The molecule has 1 saturated carbocycles. The van der Waals surface area contributed by atoms with Crippen LogP contribution in [-0.2, 0) is 0 Å².